The van der Waals surface area contributed by atoms with Crippen molar-refractivity contribution in [2.75, 3.05) is 13.1 Å². The maximum Gasteiger partial charge on any atom is 0.0221 e. The van der Waals surface area contributed by atoms with Gasteiger partial charge in [-0.2, -0.15) is 0 Å². The molecular weight excluding hydrogens is 244 g/mol. The number of hydrogen-bond donors (Lipinski definition) is 1. The molecule has 0 amide bonds. The van der Waals surface area contributed by atoms with E-state index >= 15 is 0 Å². The molecule has 0 spiro atoms. The summed E-state index contributed by atoms with van der Waals surface area (Å²) in [5.74, 6) is 1.85. The van der Waals surface area contributed by atoms with E-state index in [0.717, 1.165) is 24.4 Å². The van der Waals surface area contributed by atoms with Gasteiger partial charge in [-0.1, -0.05) is 27.2 Å². The van der Waals surface area contributed by atoms with Crippen LogP contribution < -0.4 is 5.73 Å². The number of likely N-dealkylation sites (tertiary alicyclic amines) is 1. The molecule has 1 saturated carbocycles. The molecule has 2 atom stereocenters. The number of hydrogen-bond acceptors (Lipinski definition) is 2. The van der Waals surface area contributed by atoms with Gasteiger partial charge in [0.25, 0.3) is 0 Å². The Labute approximate surface area is 126 Å². The zero-order chi connectivity index (χ0) is 14.8. The predicted octanol–water partition coefficient (Wildman–Crippen LogP) is 4.04. The van der Waals surface area contributed by atoms with Crippen molar-refractivity contribution < 1.29 is 0 Å². The Morgan fingerprint density at radius 2 is 1.65 bits per heavy atom. The van der Waals surface area contributed by atoms with Gasteiger partial charge in [0.2, 0.25) is 0 Å². The Balaban J connectivity index is 1.85. The average Bonchev–Trinajstić information content (AvgIpc) is 2.40. The van der Waals surface area contributed by atoms with Crippen molar-refractivity contribution in [3.05, 3.63) is 0 Å². The smallest absolute Gasteiger partial charge is 0.0221 e. The molecule has 2 unspecified atom stereocenters. The molecule has 2 N–H and O–H groups in total. The Bertz CT molecular complexity index is 286. The first-order chi connectivity index (χ1) is 9.41. The van der Waals surface area contributed by atoms with Crippen LogP contribution in [0.15, 0.2) is 0 Å². The van der Waals surface area contributed by atoms with Gasteiger partial charge in [-0.05, 0) is 62.7 Å². The van der Waals surface area contributed by atoms with Crippen molar-refractivity contribution in [1.29, 1.82) is 0 Å². The van der Waals surface area contributed by atoms with Crippen LogP contribution in [0.3, 0.4) is 0 Å². The summed E-state index contributed by atoms with van der Waals surface area (Å²) in [6, 6.07) is 1.40. The molecule has 1 heterocycles. The van der Waals surface area contributed by atoms with Crippen LogP contribution in [-0.4, -0.2) is 30.1 Å². The molecule has 2 rings (SSSR count). The van der Waals surface area contributed by atoms with E-state index in [0.29, 0.717) is 11.5 Å². The van der Waals surface area contributed by atoms with Gasteiger partial charge in [0.15, 0.2) is 0 Å². The highest BCUT2D eigenvalue weighted by Crippen LogP contribution is 2.40. The number of rotatable bonds is 3. The second-order valence-corrected chi connectivity index (χ2v) is 8.45. The fraction of sp³-hybridized carbons (Fsp3) is 1.00. The third kappa shape index (κ3) is 3.98. The van der Waals surface area contributed by atoms with Gasteiger partial charge in [-0.25, -0.2) is 0 Å². The lowest BCUT2D eigenvalue weighted by Gasteiger charge is -2.44. The van der Waals surface area contributed by atoms with Gasteiger partial charge < -0.3 is 5.73 Å². The van der Waals surface area contributed by atoms with Crippen molar-refractivity contribution in [3.8, 4) is 0 Å². The first kappa shape index (κ1) is 16.3. The van der Waals surface area contributed by atoms with E-state index < -0.39 is 0 Å². The van der Waals surface area contributed by atoms with Crippen LogP contribution in [0, 0.1) is 17.3 Å². The molecule has 1 aliphatic heterocycles. The van der Waals surface area contributed by atoms with E-state index in [1.807, 2.05) is 0 Å². The van der Waals surface area contributed by atoms with E-state index in [1.54, 1.807) is 0 Å². The second kappa shape index (κ2) is 6.79. The zero-order valence-electron chi connectivity index (χ0n) is 14.2. The van der Waals surface area contributed by atoms with Crippen LogP contribution in [0.2, 0.25) is 0 Å². The largest absolute Gasteiger partial charge is 0.329 e. The van der Waals surface area contributed by atoms with Crippen LogP contribution in [0.4, 0.5) is 0 Å². The molecule has 2 fully saturated rings. The normalized spacial score (nSPS) is 37.0. The number of nitrogens with zero attached hydrogens (tertiary/aromatic N) is 1. The molecule has 1 saturated heterocycles. The van der Waals surface area contributed by atoms with Gasteiger partial charge >= 0.3 is 0 Å². The minimum Gasteiger partial charge on any atom is -0.329 e. The predicted molar refractivity (Wildman–Crippen MR) is 87.8 cm³/mol. The van der Waals surface area contributed by atoms with Crippen LogP contribution in [0.1, 0.15) is 72.6 Å². The Morgan fingerprint density at radius 3 is 2.20 bits per heavy atom. The molecule has 20 heavy (non-hydrogen) atoms. The van der Waals surface area contributed by atoms with Crippen molar-refractivity contribution in [3.63, 3.8) is 0 Å². The number of piperidine rings is 1. The van der Waals surface area contributed by atoms with Crippen molar-refractivity contribution in [2.24, 2.45) is 23.0 Å². The third-order valence-electron chi connectivity index (χ3n) is 6.01. The van der Waals surface area contributed by atoms with E-state index in [-0.39, 0.29) is 0 Å². The molecule has 2 heteroatoms. The highest BCUT2D eigenvalue weighted by Gasteiger charge is 2.33. The maximum absolute atomic E-state index is 6.00. The van der Waals surface area contributed by atoms with Gasteiger partial charge in [0.1, 0.15) is 0 Å². The fourth-order valence-electron chi connectivity index (χ4n) is 4.43. The average molecular weight is 281 g/mol. The zero-order valence-corrected chi connectivity index (χ0v) is 14.2. The SMILES string of the molecule is CC1CCCC(CN)N1CC1CCC(C(C)(C)C)CC1. The summed E-state index contributed by atoms with van der Waals surface area (Å²) in [5, 5.41) is 0. The van der Waals surface area contributed by atoms with Crippen LogP contribution in [-0.2, 0) is 0 Å². The number of nitrogens with two attached hydrogens (primary N) is 1. The summed E-state index contributed by atoms with van der Waals surface area (Å²) in [6.45, 7) is 11.8. The van der Waals surface area contributed by atoms with E-state index in [4.69, 9.17) is 5.73 Å². The Kier molecular flexibility index (Phi) is 5.53. The maximum atomic E-state index is 6.00. The first-order valence-electron chi connectivity index (χ1n) is 8.87. The highest BCUT2D eigenvalue weighted by atomic mass is 15.2. The van der Waals surface area contributed by atoms with Crippen molar-refractivity contribution in [2.45, 2.75) is 84.7 Å². The molecule has 0 aromatic rings. The lowest BCUT2D eigenvalue weighted by molar-refractivity contribution is 0.0566. The molecule has 0 radical (unpaired) electrons. The lowest BCUT2D eigenvalue weighted by Crippen LogP contribution is -2.50. The summed E-state index contributed by atoms with van der Waals surface area (Å²) in [5.41, 5.74) is 6.50. The standard InChI is InChI=1S/C18H36N2/c1-14-6-5-7-17(12-19)20(14)13-15-8-10-16(11-9-15)18(2,3)4/h14-17H,5-13,19H2,1-4H3. The fourth-order valence-corrected chi connectivity index (χ4v) is 4.43. The van der Waals surface area contributed by atoms with Crippen molar-refractivity contribution in [1.82, 2.24) is 4.90 Å². The van der Waals surface area contributed by atoms with Crippen LogP contribution >= 0.6 is 0 Å². The molecule has 0 bridgehead atoms. The summed E-state index contributed by atoms with van der Waals surface area (Å²) < 4.78 is 0. The summed E-state index contributed by atoms with van der Waals surface area (Å²) >= 11 is 0. The Hall–Kier alpha value is -0.0800. The quantitative estimate of drug-likeness (QED) is 0.845. The summed E-state index contributed by atoms with van der Waals surface area (Å²) in [4.78, 5) is 2.74. The van der Waals surface area contributed by atoms with Crippen LogP contribution in [0.25, 0.3) is 0 Å². The lowest BCUT2D eigenvalue weighted by atomic mass is 9.69. The second-order valence-electron chi connectivity index (χ2n) is 8.45. The topological polar surface area (TPSA) is 29.3 Å². The molecule has 2 aliphatic rings. The summed E-state index contributed by atoms with van der Waals surface area (Å²) in [6.07, 6.45) is 9.79. The monoisotopic (exact) mass is 280 g/mol. The molecule has 2 nitrogen and oxygen atoms in total. The van der Waals surface area contributed by atoms with Crippen LogP contribution in [0.5, 0.6) is 0 Å². The minimum absolute atomic E-state index is 0.503. The van der Waals surface area contributed by atoms with E-state index in [2.05, 4.69) is 32.6 Å². The van der Waals surface area contributed by atoms with Crippen molar-refractivity contribution >= 4 is 0 Å². The van der Waals surface area contributed by atoms with Gasteiger partial charge in [0, 0.05) is 25.2 Å². The molecule has 1 aliphatic carbocycles. The summed E-state index contributed by atoms with van der Waals surface area (Å²) in [7, 11) is 0. The minimum atomic E-state index is 0.503. The third-order valence-corrected chi connectivity index (χ3v) is 6.01. The first-order valence-corrected chi connectivity index (χ1v) is 8.87. The molecule has 118 valence electrons. The molecule has 0 aromatic heterocycles. The van der Waals surface area contributed by atoms with Gasteiger partial charge in [0.05, 0.1) is 0 Å². The molecule has 0 aromatic carbocycles. The molecular formula is C18H36N2. The van der Waals surface area contributed by atoms with Gasteiger partial charge in [-0.3, -0.25) is 4.90 Å². The highest BCUT2D eigenvalue weighted by molar-refractivity contribution is 4.87. The van der Waals surface area contributed by atoms with E-state index in [1.165, 1.54) is 51.5 Å². The van der Waals surface area contributed by atoms with E-state index in [9.17, 15) is 0 Å². The Morgan fingerprint density at radius 1 is 1.00 bits per heavy atom. The van der Waals surface area contributed by atoms with Gasteiger partial charge in [-0.15, -0.1) is 0 Å².